The molecular formula is C17H26N2O3. The Morgan fingerprint density at radius 2 is 2.05 bits per heavy atom. The van der Waals surface area contributed by atoms with Gasteiger partial charge in [0.1, 0.15) is 6.61 Å². The maximum Gasteiger partial charge on any atom is 0.250 e. The van der Waals surface area contributed by atoms with Crippen molar-refractivity contribution in [3.05, 3.63) is 34.7 Å². The molecule has 1 saturated carbocycles. The van der Waals surface area contributed by atoms with Crippen LogP contribution in [-0.4, -0.2) is 29.7 Å². The number of aryl methyl sites for hydroxylation is 1. The Balaban J connectivity index is 1.52. The second kappa shape index (κ2) is 9.41. The molecule has 1 aromatic rings. The minimum Gasteiger partial charge on any atom is -0.368 e. The monoisotopic (exact) mass is 306 g/mol. The van der Waals surface area contributed by atoms with E-state index in [0.717, 1.165) is 25.7 Å². The average Bonchev–Trinajstić information content (AvgIpc) is 2.55. The Morgan fingerprint density at radius 1 is 1.23 bits per heavy atom. The summed E-state index contributed by atoms with van der Waals surface area (Å²) in [5, 5.41) is 2.87. The molecule has 1 aliphatic rings. The number of carbonyl (C=O) groups excluding carboxylic acids is 1. The number of unbranched alkanes of at least 4 members (excludes halogenated alkanes) is 1. The van der Waals surface area contributed by atoms with Gasteiger partial charge in [-0.2, -0.15) is 0 Å². The number of pyridine rings is 1. The van der Waals surface area contributed by atoms with Gasteiger partial charge in [0.25, 0.3) is 0 Å². The van der Waals surface area contributed by atoms with Crippen molar-refractivity contribution in [1.29, 1.82) is 0 Å². The Morgan fingerprint density at radius 3 is 2.82 bits per heavy atom. The number of nitrogens with zero attached hydrogens (tertiary/aromatic N) is 1. The molecule has 0 bridgehead atoms. The molecule has 22 heavy (non-hydrogen) atoms. The van der Waals surface area contributed by atoms with E-state index in [4.69, 9.17) is 4.74 Å². The van der Waals surface area contributed by atoms with E-state index in [1.54, 1.807) is 22.9 Å². The van der Waals surface area contributed by atoms with E-state index in [-0.39, 0.29) is 24.2 Å². The zero-order chi connectivity index (χ0) is 15.6. The van der Waals surface area contributed by atoms with E-state index >= 15 is 0 Å². The Hall–Kier alpha value is -1.62. The average molecular weight is 306 g/mol. The lowest BCUT2D eigenvalue weighted by Gasteiger charge is -2.21. The fourth-order valence-electron chi connectivity index (χ4n) is 2.76. The van der Waals surface area contributed by atoms with Gasteiger partial charge in [-0.25, -0.2) is 0 Å². The zero-order valence-corrected chi connectivity index (χ0v) is 13.1. The van der Waals surface area contributed by atoms with E-state index in [1.165, 1.54) is 19.3 Å². The third-order valence-corrected chi connectivity index (χ3v) is 4.05. The zero-order valence-electron chi connectivity index (χ0n) is 13.1. The summed E-state index contributed by atoms with van der Waals surface area (Å²) in [6, 6.07) is 5.15. The van der Waals surface area contributed by atoms with Crippen LogP contribution in [0.3, 0.4) is 0 Å². The highest BCUT2D eigenvalue weighted by Crippen LogP contribution is 2.19. The van der Waals surface area contributed by atoms with Crippen molar-refractivity contribution in [3.63, 3.8) is 0 Å². The first-order valence-corrected chi connectivity index (χ1v) is 8.29. The summed E-state index contributed by atoms with van der Waals surface area (Å²) < 4.78 is 7.32. The minimum atomic E-state index is -0.0394. The summed E-state index contributed by atoms with van der Waals surface area (Å²) in [6.45, 7) is 1.49. The molecule has 1 fully saturated rings. The molecule has 5 nitrogen and oxygen atoms in total. The maximum absolute atomic E-state index is 11.7. The van der Waals surface area contributed by atoms with Crippen molar-refractivity contribution in [2.45, 2.75) is 57.6 Å². The molecule has 1 heterocycles. The molecule has 1 aliphatic carbocycles. The molecule has 5 heteroatoms. The van der Waals surface area contributed by atoms with Gasteiger partial charge in [-0.15, -0.1) is 0 Å². The standard InChI is InChI=1S/C17H26N2O3/c20-16(14-22-15-8-2-1-3-9-15)18-11-5-7-13-19-12-6-4-10-17(19)21/h4,6,10,12,15H,1-3,5,7-9,11,13-14H2,(H,18,20). The number of rotatable bonds is 8. The predicted molar refractivity (Wildman–Crippen MR) is 85.8 cm³/mol. The van der Waals surface area contributed by atoms with E-state index in [2.05, 4.69) is 5.32 Å². The minimum absolute atomic E-state index is 0.0208. The predicted octanol–water partition coefficient (Wildman–Crippen LogP) is 2.09. The molecule has 2 rings (SSSR count). The highest BCUT2D eigenvalue weighted by molar-refractivity contribution is 5.77. The summed E-state index contributed by atoms with van der Waals surface area (Å²) >= 11 is 0. The van der Waals surface area contributed by atoms with Crippen molar-refractivity contribution in [2.75, 3.05) is 13.2 Å². The number of amides is 1. The van der Waals surface area contributed by atoms with Crippen LogP contribution < -0.4 is 10.9 Å². The van der Waals surface area contributed by atoms with Gasteiger partial charge in [-0.05, 0) is 31.7 Å². The molecule has 0 aromatic carbocycles. The van der Waals surface area contributed by atoms with Gasteiger partial charge < -0.3 is 14.6 Å². The van der Waals surface area contributed by atoms with Gasteiger partial charge in [0.2, 0.25) is 11.5 Å². The summed E-state index contributed by atoms with van der Waals surface area (Å²) in [5.74, 6) is -0.0394. The van der Waals surface area contributed by atoms with Crippen LogP contribution in [0.5, 0.6) is 0 Å². The van der Waals surface area contributed by atoms with Crippen molar-refractivity contribution in [2.24, 2.45) is 0 Å². The van der Waals surface area contributed by atoms with Crippen molar-refractivity contribution < 1.29 is 9.53 Å². The van der Waals surface area contributed by atoms with Crippen LogP contribution >= 0.6 is 0 Å². The molecule has 0 radical (unpaired) electrons. The van der Waals surface area contributed by atoms with Crippen LogP contribution in [0.15, 0.2) is 29.2 Å². The summed E-state index contributed by atoms with van der Waals surface area (Å²) in [5.41, 5.74) is 0.0208. The molecule has 1 aromatic heterocycles. The molecule has 0 unspecified atom stereocenters. The molecule has 0 spiro atoms. The molecule has 0 saturated heterocycles. The topological polar surface area (TPSA) is 60.3 Å². The highest BCUT2D eigenvalue weighted by Gasteiger charge is 2.14. The third kappa shape index (κ3) is 6.02. The SMILES string of the molecule is O=C(COC1CCCCC1)NCCCCn1ccccc1=O. The quantitative estimate of drug-likeness (QED) is 0.748. The normalized spacial score (nSPS) is 15.6. The second-order valence-electron chi connectivity index (χ2n) is 5.86. The Kier molecular flexibility index (Phi) is 7.16. The van der Waals surface area contributed by atoms with Gasteiger partial charge in [0.15, 0.2) is 0 Å². The first-order valence-electron chi connectivity index (χ1n) is 8.29. The number of aromatic nitrogens is 1. The number of nitrogens with one attached hydrogen (secondary N) is 1. The smallest absolute Gasteiger partial charge is 0.250 e. The van der Waals surface area contributed by atoms with Crippen LogP contribution in [0.25, 0.3) is 0 Å². The molecule has 1 N–H and O–H groups in total. The van der Waals surface area contributed by atoms with E-state index in [9.17, 15) is 9.59 Å². The van der Waals surface area contributed by atoms with E-state index in [0.29, 0.717) is 13.1 Å². The number of ether oxygens (including phenoxy) is 1. The van der Waals surface area contributed by atoms with Crippen molar-refractivity contribution in [1.82, 2.24) is 9.88 Å². The molecule has 0 aliphatic heterocycles. The number of hydrogen-bond donors (Lipinski definition) is 1. The van der Waals surface area contributed by atoms with Crippen molar-refractivity contribution >= 4 is 5.91 Å². The number of carbonyl (C=O) groups is 1. The molecule has 122 valence electrons. The fraction of sp³-hybridized carbons (Fsp3) is 0.647. The van der Waals surface area contributed by atoms with Gasteiger partial charge in [0.05, 0.1) is 6.10 Å². The first-order chi connectivity index (χ1) is 10.8. The summed E-state index contributed by atoms with van der Waals surface area (Å²) in [4.78, 5) is 23.2. The summed E-state index contributed by atoms with van der Waals surface area (Å²) in [7, 11) is 0. The lowest BCUT2D eigenvalue weighted by atomic mass is 9.98. The largest absolute Gasteiger partial charge is 0.368 e. The van der Waals surface area contributed by atoms with Crippen molar-refractivity contribution in [3.8, 4) is 0 Å². The fourth-order valence-corrected chi connectivity index (χ4v) is 2.76. The number of hydrogen-bond acceptors (Lipinski definition) is 3. The molecule has 1 amide bonds. The van der Waals surface area contributed by atoms with E-state index < -0.39 is 0 Å². The van der Waals surface area contributed by atoms with Gasteiger partial charge >= 0.3 is 0 Å². The highest BCUT2D eigenvalue weighted by atomic mass is 16.5. The lowest BCUT2D eigenvalue weighted by molar-refractivity contribution is -0.128. The third-order valence-electron chi connectivity index (χ3n) is 4.05. The van der Waals surface area contributed by atoms with Crippen LogP contribution in [0.2, 0.25) is 0 Å². The van der Waals surface area contributed by atoms with Gasteiger partial charge in [-0.3, -0.25) is 9.59 Å². The van der Waals surface area contributed by atoms with E-state index in [1.807, 2.05) is 6.07 Å². The molecule has 0 atom stereocenters. The van der Waals surface area contributed by atoms with Crippen LogP contribution in [0, 0.1) is 0 Å². The van der Waals surface area contributed by atoms with Crippen LogP contribution in [0.4, 0.5) is 0 Å². The van der Waals surface area contributed by atoms with Crippen LogP contribution in [-0.2, 0) is 16.1 Å². The molecular weight excluding hydrogens is 280 g/mol. The Bertz CT molecular complexity index is 507. The summed E-state index contributed by atoms with van der Waals surface area (Å²) in [6.07, 6.45) is 9.67. The Labute approximate surface area is 131 Å². The lowest BCUT2D eigenvalue weighted by Crippen LogP contribution is -2.31. The maximum atomic E-state index is 11.7. The van der Waals surface area contributed by atoms with Gasteiger partial charge in [0, 0.05) is 25.4 Å². The van der Waals surface area contributed by atoms with Gasteiger partial charge in [-0.1, -0.05) is 25.3 Å². The first kappa shape index (κ1) is 16.7. The van der Waals surface area contributed by atoms with Crippen LogP contribution in [0.1, 0.15) is 44.9 Å². The second-order valence-corrected chi connectivity index (χ2v) is 5.86.